The Bertz CT molecular complexity index is 413. The number of benzene rings is 1. The van der Waals surface area contributed by atoms with Gasteiger partial charge in [0.2, 0.25) is 0 Å². The Hall–Kier alpha value is -1.09. The molecule has 1 atom stereocenters. The van der Waals surface area contributed by atoms with Crippen LogP contribution in [0.3, 0.4) is 0 Å². The van der Waals surface area contributed by atoms with Gasteiger partial charge in [-0.3, -0.25) is 0 Å². The van der Waals surface area contributed by atoms with E-state index < -0.39 is 6.10 Å². The second-order valence-electron chi connectivity index (χ2n) is 5.03. The van der Waals surface area contributed by atoms with E-state index in [1.807, 2.05) is 13.1 Å². The molecule has 3 heteroatoms. The molecule has 0 spiro atoms. The van der Waals surface area contributed by atoms with Gasteiger partial charge in [-0.05, 0) is 50.8 Å². The topological polar surface area (TPSA) is 23.5 Å². The summed E-state index contributed by atoms with van der Waals surface area (Å²) < 4.78 is 13.6. The highest BCUT2D eigenvalue weighted by atomic mass is 19.1. The van der Waals surface area contributed by atoms with E-state index in [0.29, 0.717) is 17.2 Å². The molecular weight excluding hydrogens is 217 g/mol. The minimum absolute atomic E-state index is 0.244. The summed E-state index contributed by atoms with van der Waals surface area (Å²) >= 11 is 0. The standard InChI is InChI=1S/C14H20FNO/c1-9-7-14(16(3)11-5-4-6-11)12(10(2)17)8-13(9)15/h7-8,10-11,17H,4-6H2,1-3H3/t10-/m1/s1. The Labute approximate surface area is 102 Å². The average Bonchev–Trinajstić information content (AvgIpc) is 2.18. The largest absolute Gasteiger partial charge is 0.389 e. The molecule has 1 saturated carbocycles. The van der Waals surface area contributed by atoms with Crippen molar-refractivity contribution in [2.75, 3.05) is 11.9 Å². The average molecular weight is 237 g/mol. The first-order valence-corrected chi connectivity index (χ1v) is 6.21. The summed E-state index contributed by atoms with van der Waals surface area (Å²) in [5.74, 6) is -0.244. The first kappa shape index (κ1) is 12.4. The van der Waals surface area contributed by atoms with Crippen LogP contribution >= 0.6 is 0 Å². The number of anilines is 1. The van der Waals surface area contributed by atoms with Crippen LogP contribution in [0.5, 0.6) is 0 Å². The van der Waals surface area contributed by atoms with E-state index in [1.54, 1.807) is 13.8 Å². The second kappa shape index (κ2) is 4.65. The molecule has 0 aliphatic heterocycles. The summed E-state index contributed by atoms with van der Waals surface area (Å²) in [6.45, 7) is 3.45. The van der Waals surface area contributed by atoms with E-state index in [1.165, 1.54) is 25.3 Å². The molecule has 0 amide bonds. The maximum atomic E-state index is 13.6. The molecule has 0 heterocycles. The van der Waals surface area contributed by atoms with Gasteiger partial charge in [0.05, 0.1) is 6.10 Å². The zero-order valence-corrected chi connectivity index (χ0v) is 10.7. The van der Waals surface area contributed by atoms with Crippen LogP contribution in [0.25, 0.3) is 0 Å². The van der Waals surface area contributed by atoms with Gasteiger partial charge in [-0.1, -0.05) is 0 Å². The quantitative estimate of drug-likeness (QED) is 0.872. The number of aliphatic hydroxyl groups is 1. The molecule has 0 aromatic heterocycles. The molecule has 1 aromatic carbocycles. The first-order valence-electron chi connectivity index (χ1n) is 6.21. The van der Waals surface area contributed by atoms with Crippen molar-refractivity contribution in [3.8, 4) is 0 Å². The summed E-state index contributed by atoms with van der Waals surface area (Å²) in [5.41, 5.74) is 2.28. The number of hydrogen-bond donors (Lipinski definition) is 1. The van der Waals surface area contributed by atoms with E-state index in [4.69, 9.17) is 0 Å². The van der Waals surface area contributed by atoms with E-state index in [2.05, 4.69) is 4.90 Å². The van der Waals surface area contributed by atoms with Crippen LogP contribution in [0, 0.1) is 12.7 Å². The summed E-state index contributed by atoms with van der Waals surface area (Å²) in [4.78, 5) is 2.18. The van der Waals surface area contributed by atoms with Crippen molar-refractivity contribution in [1.82, 2.24) is 0 Å². The van der Waals surface area contributed by atoms with Crippen LogP contribution in [0.1, 0.15) is 43.4 Å². The molecule has 0 bridgehead atoms. The van der Waals surface area contributed by atoms with Gasteiger partial charge < -0.3 is 10.0 Å². The summed E-state index contributed by atoms with van der Waals surface area (Å²) in [5, 5.41) is 9.75. The predicted molar refractivity (Wildman–Crippen MR) is 67.8 cm³/mol. The van der Waals surface area contributed by atoms with Crippen LogP contribution < -0.4 is 4.90 Å². The summed E-state index contributed by atoms with van der Waals surface area (Å²) in [7, 11) is 2.03. The highest BCUT2D eigenvalue weighted by Crippen LogP contribution is 2.34. The summed E-state index contributed by atoms with van der Waals surface area (Å²) in [6.07, 6.45) is 3.00. The molecule has 2 nitrogen and oxygen atoms in total. The molecule has 2 rings (SSSR count). The lowest BCUT2D eigenvalue weighted by Gasteiger charge is -2.38. The third kappa shape index (κ3) is 2.29. The van der Waals surface area contributed by atoms with Crippen molar-refractivity contribution in [2.45, 2.75) is 45.3 Å². The molecule has 1 aromatic rings. The van der Waals surface area contributed by atoms with Gasteiger partial charge in [-0.25, -0.2) is 4.39 Å². The SMILES string of the molecule is Cc1cc(N(C)C2CCC2)c([C@@H](C)O)cc1F. The fraction of sp³-hybridized carbons (Fsp3) is 0.571. The Balaban J connectivity index is 2.39. The Morgan fingerprint density at radius 3 is 2.53 bits per heavy atom. The third-order valence-electron chi connectivity index (χ3n) is 3.76. The molecule has 94 valence electrons. The fourth-order valence-corrected chi connectivity index (χ4v) is 2.29. The predicted octanol–water partition coefficient (Wildman–Crippen LogP) is 3.18. The fourth-order valence-electron chi connectivity index (χ4n) is 2.29. The van der Waals surface area contributed by atoms with Crippen molar-refractivity contribution in [3.05, 3.63) is 29.1 Å². The van der Waals surface area contributed by atoms with E-state index in [-0.39, 0.29) is 5.82 Å². The van der Waals surface area contributed by atoms with Crippen LogP contribution in [0.15, 0.2) is 12.1 Å². The zero-order chi connectivity index (χ0) is 12.6. The van der Waals surface area contributed by atoms with Crippen molar-refractivity contribution in [3.63, 3.8) is 0 Å². The van der Waals surface area contributed by atoms with Crippen molar-refractivity contribution in [1.29, 1.82) is 0 Å². The van der Waals surface area contributed by atoms with Crippen LogP contribution in [0.4, 0.5) is 10.1 Å². The Kier molecular flexibility index (Phi) is 3.38. The van der Waals surface area contributed by atoms with Gasteiger partial charge in [0.15, 0.2) is 0 Å². The molecule has 1 fully saturated rings. The monoisotopic (exact) mass is 237 g/mol. The first-order chi connectivity index (χ1) is 8.00. The highest BCUT2D eigenvalue weighted by Gasteiger charge is 2.25. The third-order valence-corrected chi connectivity index (χ3v) is 3.76. The van der Waals surface area contributed by atoms with Crippen molar-refractivity contribution >= 4 is 5.69 Å². The van der Waals surface area contributed by atoms with Crippen molar-refractivity contribution < 1.29 is 9.50 Å². The smallest absolute Gasteiger partial charge is 0.126 e. The van der Waals surface area contributed by atoms with Gasteiger partial charge in [0.1, 0.15) is 5.82 Å². The van der Waals surface area contributed by atoms with Gasteiger partial charge in [0, 0.05) is 24.3 Å². The molecule has 1 aliphatic carbocycles. The van der Waals surface area contributed by atoms with Crippen LogP contribution in [-0.2, 0) is 0 Å². The van der Waals surface area contributed by atoms with E-state index in [0.717, 1.165) is 5.69 Å². The number of aryl methyl sites for hydroxylation is 1. The number of aliphatic hydroxyl groups excluding tert-OH is 1. The van der Waals surface area contributed by atoms with E-state index in [9.17, 15) is 9.50 Å². The van der Waals surface area contributed by atoms with Crippen molar-refractivity contribution in [2.24, 2.45) is 0 Å². The molecule has 17 heavy (non-hydrogen) atoms. The minimum Gasteiger partial charge on any atom is -0.389 e. The number of hydrogen-bond acceptors (Lipinski definition) is 2. The maximum absolute atomic E-state index is 13.6. The lowest BCUT2D eigenvalue weighted by molar-refractivity contribution is 0.199. The lowest BCUT2D eigenvalue weighted by atomic mass is 9.90. The number of rotatable bonds is 3. The molecular formula is C14H20FNO. The normalized spacial score (nSPS) is 17.7. The number of halogens is 1. The van der Waals surface area contributed by atoms with Gasteiger partial charge >= 0.3 is 0 Å². The van der Waals surface area contributed by atoms with Gasteiger partial charge in [0.25, 0.3) is 0 Å². The van der Waals surface area contributed by atoms with Gasteiger partial charge in [-0.2, -0.15) is 0 Å². The zero-order valence-electron chi connectivity index (χ0n) is 10.7. The lowest BCUT2D eigenvalue weighted by Crippen LogP contribution is -2.37. The molecule has 1 N–H and O–H groups in total. The van der Waals surface area contributed by atoms with E-state index >= 15 is 0 Å². The van der Waals surface area contributed by atoms with Crippen LogP contribution in [0.2, 0.25) is 0 Å². The molecule has 1 aliphatic rings. The maximum Gasteiger partial charge on any atom is 0.126 e. The molecule has 0 unspecified atom stereocenters. The molecule has 0 radical (unpaired) electrons. The number of nitrogens with zero attached hydrogens (tertiary/aromatic N) is 1. The Morgan fingerprint density at radius 1 is 1.41 bits per heavy atom. The molecule has 0 saturated heterocycles. The Morgan fingerprint density at radius 2 is 2.06 bits per heavy atom. The van der Waals surface area contributed by atoms with Crippen LogP contribution in [-0.4, -0.2) is 18.2 Å². The van der Waals surface area contributed by atoms with Gasteiger partial charge in [-0.15, -0.1) is 0 Å². The summed E-state index contributed by atoms with van der Waals surface area (Å²) in [6, 6.07) is 3.84. The highest BCUT2D eigenvalue weighted by molar-refractivity contribution is 5.57. The minimum atomic E-state index is -0.636. The second-order valence-corrected chi connectivity index (χ2v) is 5.03.